The third-order valence-corrected chi connectivity index (χ3v) is 5.39. The first-order valence-corrected chi connectivity index (χ1v) is 9.98. The molecule has 130 valence electrons. The zero-order valence-electron chi connectivity index (χ0n) is 13.4. The molecule has 0 aliphatic carbocycles. The van der Waals surface area contributed by atoms with Crippen LogP contribution in [0.25, 0.3) is 11.4 Å². The number of aryl methyl sites for hydroxylation is 1. The fourth-order valence-corrected chi connectivity index (χ4v) is 3.62. The van der Waals surface area contributed by atoms with Crippen molar-refractivity contribution in [1.82, 2.24) is 14.9 Å². The molecule has 1 aromatic heterocycles. The molecule has 0 aliphatic heterocycles. The summed E-state index contributed by atoms with van der Waals surface area (Å²) in [6, 6.07) is 14.8. The maximum absolute atomic E-state index is 12.2. The molecule has 0 saturated carbocycles. The Labute approximate surface area is 154 Å². The molecule has 8 heteroatoms. The maximum atomic E-state index is 12.2. The normalized spacial score (nSPS) is 11.6. The number of halogens is 1. The van der Waals surface area contributed by atoms with E-state index in [9.17, 15) is 8.42 Å². The molecule has 0 radical (unpaired) electrons. The first-order valence-electron chi connectivity index (χ1n) is 7.53. The van der Waals surface area contributed by atoms with Crippen LogP contribution in [-0.2, 0) is 22.3 Å². The van der Waals surface area contributed by atoms with Gasteiger partial charge in [-0.05, 0) is 30.2 Å². The lowest BCUT2D eigenvalue weighted by Crippen LogP contribution is -2.24. The fourth-order valence-electron chi connectivity index (χ4n) is 2.28. The molecule has 3 rings (SSSR count). The molecule has 0 spiro atoms. The standard InChI is InChI=1S/C17H16BrN3O3S/c1-12-4-2-3-5-15(12)17-20-16(24-21-17)10-19-25(22,23)11-13-6-8-14(18)9-7-13/h2-9,19H,10-11H2,1H3. The van der Waals surface area contributed by atoms with Crippen LogP contribution < -0.4 is 4.72 Å². The zero-order chi connectivity index (χ0) is 17.9. The molecule has 3 aromatic rings. The maximum Gasteiger partial charge on any atom is 0.242 e. The zero-order valence-corrected chi connectivity index (χ0v) is 15.8. The average Bonchev–Trinajstić information content (AvgIpc) is 3.04. The van der Waals surface area contributed by atoms with Crippen molar-refractivity contribution in [1.29, 1.82) is 0 Å². The Morgan fingerprint density at radius 1 is 1.12 bits per heavy atom. The summed E-state index contributed by atoms with van der Waals surface area (Å²) < 4.78 is 32.9. The second-order valence-corrected chi connectivity index (χ2v) is 8.26. The van der Waals surface area contributed by atoms with Gasteiger partial charge in [0, 0.05) is 10.0 Å². The number of hydrogen-bond donors (Lipinski definition) is 1. The van der Waals surface area contributed by atoms with Gasteiger partial charge in [0.1, 0.15) is 0 Å². The predicted octanol–water partition coefficient (Wildman–Crippen LogP) is 3.43. The minimum atomic E-state index is -3.50. The van der Waals surface area contributed by atoms with E-state index in [1.807, 2.05) is 31.2 Å². The van der Waals surface area contributed by atoms with Crippen molar-refractivity contribution in [2.75, 3.05) is 0 Å². The van der Waals surface area contributed by atoms with Crippen LogP contribution in [-0.4, -0.2) is 18.6 Å². The lowest BCUT2D eigenvalue weighted by atomic mass is 10.1. The predicted molar refractivity (Wildman–Crippen MR) is 98.1 cm³/mol. The van der Waals surface area contributed by atoms with Gasteiger partial charge in [-0.2, -0.15) is 4.98 Å². The van der Waals surface area contributed by atoms with E-state index < -0.39 is 10.0 Å². The quantitative estimate of drug-likeness (QED) is 0.658. The van der Waals surface area contributed by atoms with Gasteiger partial charge in [-0.25, -0.2) is 13.1 Å². The van der Waals surface area contributed by atoms with Crippen molar-refractivity contribution in [2.45, 2.75) is 19.2 Å². The molecule has 0 atom stereocenters. The number of sulfonamides is 1. The first kappa shape index (κ1) is 17.8. The lowest BCUT2D eigenvalue weighted by Gasteiger charge is -2.04. The van der Waals surface area contributed by atoms with Crippen molar-refractivity contribution >= 4 is 26.0 Å². The van der Waals surface area contributed by atoms with Gasteiger partial charge in [0.2, 0.25) is 21.7 Å². The summed E-state index contributed by atoms with van der Waals surface area (Å²) in [5.41, 5.74) is 2.57. The van der Waals surface area contributed by atoms with Crippen LogP contribution in [0, 0.1) is 6.92 Å². The van der Waals surface area contributed by atoms with Crippen LogP contribution in [0.2, 0.25) is 0 Å². The number of nitrogens with one attached hydrogen (secondary N) is 1. The van der Waals surface area contributed by atoms with Crippen LogP contribution in [0.4, 0.5) is 0 Å². The summed E-state index contributed by atoms with van der Waals surface area (Å²) in [4.78, 5) is 4.25. The molecule has 0 saturated heterocycles. The Morgan fingerprint density at radius 3 is 2.56 bits per heavy atom. The van der Waals surface area contributed by atoms with Crippen molar-refractivity contribution < 1.29 is 12.9 Å². The SMILES string of the molecule is Cc1ccccc1-c1noc(CNS(=O)(=O)Cc2ccc(Br)cc2)n1. The molecule has 2 aromatic carbocycles. The Kier molecular flexibility index (Phi) is 5.31. The summed E-state index contributed by atoms with van der Waals surface area (Å²) >= 11 is 3.32. The van der Waals surface area contributed by atoms with Gasteiger partial charge in [0.25, 0.3) is 0 Å². The molecule has 0 amide bonds. The van der Waals surface area contributed by atoms with Crippen LogP contribution in [0.15, 0.2) is 57.5 Å². The minimum absolute atomic E-state index is 0.0439. The Hall–Kier alpha value is -2.03. The average molecular weight is 422 g/mol. The highest BCUT2D eigenvalue weighted by Crippen LogP contribution is 2.19. The third-order valence-electron chi connectivity index (χ3n) is 3.57. The third kappa shape index (κ3) is 4.75. The fraction of sp³-hybridized carbons (Fsp3) is 0.176. The van der Waals surface area contributed by atoms with Gasteiger partial charge < -0.3 is 4.52 Å². The second-order valence-electron chi connectivity index (χ2n) is 5.53. The monoisotopic (exact) mass is 421 g/mol. The van der Waals surface area contributed by atoms with E-state index in [-0.39, 0.29) is 18.2 Å². The number of benzene rings is 2. The Balaban J connectivity index is 1.65. The lowest BCUT2D eigenvalue weighted by molar-refractivity contribution is 0.376. The van der Waals surface area contributed by atoms with Crippen molar-refractivity contribution in [3.05, 3.63) is 70.0 Å². The highest BCUT2D eigenvalue weighted by Gasteiger charge is 2.15. The summed E-state index contributed by atoms with van der Waals surface area (Å²) in [5, 5.41) is 3.92. The van der Waals surface area contributed by atoms with E-state index >= 15 is 0 Å². The smallest absolute Gasteiger partial charge is 0.242 e. The van der Waals surface area contributed by atoms with Gasteiger partial charge in [-0.3, -0.25) is 0 Å². The van der Waals surface area contributed by atoms with Gasteiger partial charge in [0.15, 0.2) is 0 Å². The van der Waals surface area contributed by atoms with E-state index in [1.165, 1.54) is 0 Å². The number of rotatable bonds is 6. The van der Waals surface area contributed by atoms with Gasteiger partial charge >= 0.3 is 0 Å². The molecule has 25 heavy (non-hydrogen) atoms. The molecule has 6 nitrogen and oxygen atoms in total. The van der Waals surface area contributed by atoms with E-state index in [1.54, 1.807) is 24.3 Å². The van der Waals surface area contributed by atoms with Crippen molar-refractivity contribution in [3.8, 4) is 11.4 Å². The molecular weight excluding hydrogens is 406 g/mol. The van der Waals surface area contributed by atoms with Crippen LogP contribution in [0.1, 0.15) is 17.0 Å². The molecule has 0 fully saturated rings. The minimum Gasteiger partial charge on any atom is -0.338 e. The molecular formula is C17H16BrN3O3S. The Bertz CT molecular complexity index is 969. The van der Waals surface area contributed by atoms with Crippen molar-refractivity contribution in [3.63, 3.8) is 0 Å². The molecule has 1 N–H and O–H groups in total. The van der Waals surface area contributed by atoms with E-state index in [2.05, 4.69) is 30.8 Å². The van der Waals surface area contributed by atoms with Crippen LogP contribution in [0.5, 0.6) is 0 Å². The number of aromatic nitrogens is 2. The van der Waals surface area contributed by atoms with Gasteiger partial charge in [-0.15, -0.1) is 0 Å². The second kappa shape index (κ2) is 7.47. The summed E-state index contributed by atoms with van der Waals surface area (Å²) in [6.45, 7) is 1.91. The molecule has 0 aliphatic rings. The van der Waals surface area contributed by atoms with E-state index in [0.29, 0.717) is 11.4 Å². The van der Waals surface area contributed by atoms with Crippen LogP contribution in [0.3, 0.4) is 0 Å². The largest absolute Gasteiger partial charge is 0.338 e. The van der Waals surface area contributed by atoms with E-state index in [4.69, 9.17) is 4.52 Å². The molecule has 0 unspecified atom stereocenters. The summed E-state index contributed by atoms with van der Waals surface area (Å²) in [7, 11) is -3.50. The highest BCUT2D eigenvalue weighted by molar-refractivity contribution is 9.10. The van der Waals surface area contributed by atoms with Gasteiger partial charge in [0.05, 0.1) is 12.3 Å². The molecule has 0 bridgehead atoms. The highest BCUT2D eigenvalue weighted by atomic mass is 79.9. The van der Waals surface area contributed by atoms with Crippen molar-refractivity contribution in [2.24, 2.45) is 0 Å². The summed E-state index contributed by atoms with van der Waals surface area (Å²) in [6.07, 6.45) is 0. The number of nitrogens with zero attached hydrogens (tertiary/aromatic N) is 2. The first-order chi connectivity index (χ1) is 11.9. The topological polar surface area (TPSA) is 85.1 Å². The summed E-state index contributed by atoms with van der Waals surface area (Å²) in [5.74, 6) is 0.553. The number of hydrogen-bond acceptors (Lipinski definition) is 5. The molecule has 1 heterocycles. The van der Waals surface area contributed by atoms with E-state index in [0.717, 1.165) is 15.6 Å². The van der Waals surface area contributed by atoms with Crippen LogP contribution >= 0.6 is 15.9 Å². The van der Waals surface area contributed by atoms with Gasteiger partial charge in [-0.1, -0.05) is 57.5 Å². The Morgan fingerprint density at radius 2 is 1.84 bits per heavy atom.